The lowest BCUT2D eigenvalue weighted by atomic mass is 10.0. The summed E-state index contributed by atoms with van der Waals surface area (Å²) in [4.78, 5) is 13.1. The van der Waals surface area contributed by atoms with Crippen molar-refractivity contribution >= 4 is 0 Å². The maximum atomic E-state index is 4.60. The summed E-state index contributed by atoms with van der Waals surface area (Å²) in [5, 5.41) is 0. The van der Waals surface area contributed by atoms with Crippen LogP contribution in [-0.4, -0.2) is 19.5 Å². The average Bonchev–Trinajstić information content (AvgIpc) is 2.83. The molecule has 0 aliphatic carbocycles. The lowest BCUT2D eigenvalue weighted by Gasteiger charge is -2.19. The molecule has 0 bridgehead atoms. The second-order valence-corrected chi connectivity index (χ2v) is 5.54. The van der Waals surface area contributed by atoms with Crippen LogP contribution in [0.5, 0.6) is 0 Å². The van der Waals surface area contributed by atoms with Crippen LogP contribution in [0.15, 0.2) is 24.9 Å². The first-order chi connectivity index (χ1) is 9.02. The van der Waals surface area contributed by atoms with Gasteiger partial charge in [0.25, 0.3) is 0 Å². The second kappa shape index (κ2) is 5.51. The van der Waals surface area contributed by atoms with Gasteiger partial charge < -0.3 is 4.57 Å². The molecule has 0 aromatic carbocycles. The number of imidazole rings is 1. The van der Waals surface area contributed by atoms with Gasteiger partial charge in [0.15, 0.2) is 0 Å². The predicted molar refractivity (Wildman–Crippen MR) is 76.3 cm³/mol. The zero-order chi connectivity index (χ0) is 14.0. The van der Waals surface area contributed by atoms with E-state index in [2.05, 4.69) is 54.1 Å². The average molecular weight is 258 g/mol. The first-order valence-corrected chi connectivity index (χ1v) is 6.84. The van der Waals surface area contributed by atoms with Crippen molar-refractivity contribution in [3.63, 3.8) is 0 Å². The van der Waals surface area contributed by atoms with Crippen molar-refractivity contribution < 1.29 is 0 Å². The van der Waals surface area contributed by atoms with E-state index in [0.717, 1.165) is 5.69 Å². The lowest BCUT2D eigenvalue weighted by molar-refractivity contribution is 0.568. The monoisotopic (exact) mass is 258 g/mol. The Balaban J connectivity index is 2.45. The SMILES string of the molecule is CC(C)c1ncn(C(C)c2cnccn2)c1C(C)C. The van der Waals surface area contributed by atoms with E-state index >= 15 is 0 Å². The quantitative estimate of drug-likeness (QED) is 0.842. The maximum Gasteiger partial charge on any atom is 0.0958 e. The molecule has 0 radical (unpaired) electrons. The van der Waals surface area contributed by atoms with Crippen molar-refractivity contribution in [2.45, 2.75) is 52.5 Å². The Bertz CT molecular complexity index is 528. The van der Waals surface area contributed by atoms with Gasteiger partial charge in [-0.1, -0.05) is 27.7 Å². The summed E-state index contributed by atoms with van der Waals surface area (Å²) < 4.78 is 2.23. The molecule has 1 unspecified atom stereocenters. The van der Waals surface area contributed by atoms with E-state index < -0.39 is 0 Å². The van der Waals surface area contributed by atoms with E-state index in [9.17, 15) is 0 Å². The molecule has 0 saturated carbocycles. The summed E-state index contributed by atoms with van der Waals surface area (Å²) in [5.41, 5.74) is 3.45. The molecule has 1 atom stereocenters. The van der Waals surface area contributed by atoms with Gasteiger partial charge in [-0.3, -0.25) is 9.97 Å². The van der Waals surface area contributed by atoms with Gasteiger partial charge in [-0.05, 0) is 18.8 Å². The van der Waals surface area contributed by atoms with Crippen LogP contribution in [0, 0.1) is 0 Å². The minimum Gasteiger partial charge on any atom is -0.325 e. The van der Waals surface area contributed by atoms with Gasteiger partial charge >= 0.3 is 0 Å². The largest absolute Gasteiger partial charge is 0.325 e. The molecule has 19 heavy (non-hydrogen) atoms. The Morgan fingerprint density at radius 2 is 1.68 bits per heavy atom. The van der Waals surface area contributed by atoms with Crippen LogP contribution < -0.4 is 0 Å². The standard InChI is InChI=1S/C15H22N4/c1-10(2)14-15(11(3)4)19(9-18-14)12(5)13-8-16-6-7-17-13/h6-12H,1-5H3. The third-order valence-corrected chi connectivity index (χ3v) is 3.38. The zero-order valence-corrected chi connectivity index (χ0v) is 12.3. The third-order valence-electron chi connectivity index (χ3n) is 3.38. The van der Waals surface area contributed by atoms with Crippen LogP contribution in [-0.2, 0) is 0 Å². The molecule has 4 nitrogen and oxygen atoms in total. The fourth-order valence-corrected chi connectivity index (χ4v) is 2.40. The van der Waals surface area contributed by atoms with E-state index in [1.165, 1.54) is 11.4 Å². The van der Waals surface area contributed by atoms with Crippen molar-refractivity contribution in [1.82, 2.24) is 19.5 Å². The van der Waals surface area contributed by atoms with E-state index in [-0.39, 0.29) is 6.04 Å². The highest BCUT2D eigenvalue weighted by atomic mass is 15.1. The van der Waals surface area contributed by atoms with Crippen molar-refractivity contribution in [3.8, 4) is 0 Å². The molecule has 2 rings (SSSR count). The normalized spacial score (nSPS) is 13.2. The third kappa shape index (κ3) is 2.67. The van der Waals surface area contributed by atoms with E-state index in [0.29, 0.717) is 11.8 Å². The number of nitrogens with zero attached hydrogens (tertiary/aromatic N) is 4. The minimum atomic E-state index is 0.158. The Labute approximate surface area is 114 Å². The highest BCUT2D eigenvalue weighted by Gasteiger charge is 2.21. The summed E-state index contributed by atoms with van der Waals surface area (Å²) in [7, 11) is 0. The number of rotatable bonds is 4. The molecule has 0 amide bonds. The van der Waals surface area contributed by atoms with Gasteiger partial charge in [-0.2, -0.15) is 0 Å². The van der Waals surface area contributed by atoms with Gasteiger partial charge in [0, 0.05) is 18.1 Å². The van der Waals surface area contributed by atoms with Crippen LogP contribution in [0.4, 0.5) is 0 Å². The maximum absolute atomic E-state index is 4.60. The molecule has 0 aliphatic heterocycles. The van der Waals surface area contributed by atoms with Gasteiger partial charge in [-0.25, -0.2) is 4.98 Å². The fourth-order valence-electron chi connectivity index (χ4n) is 2.40. The van der Waals surface area contributed by atoms with Crippen LogP contribution >= 0.6 is 0 Å². The van der Waals surface area contributed by atoms with Crippen LogP contribution in [0.2, 0.25) is 0 Å². The van der Waals surface area contributed by atoms with Crippen molar-refractivity contribution in [1.29, 1.82) is 0 Å². The van der Waals surface area contributed by atoms with Crippen molar-refractivity contribution in [2.24, 2.45) is 0 Å². The Morgan fingerprint density at radius 1 is 0.947 bits per heavy atom. The Hall–Kier alpha value is -1.71. The Kier molecular flexibility index (Phi) is 3.98. The summed E-state index contributed by atoms with van der Waals surface area (Å²) in [6, 6.07) is 0.158. The van der Waals surface area contributed by atoms with Gasteiger partial charge in [0.05, 0.1) is 30.0 Å². The molecule has 0 saturated heterocycles. The second-order valence-electron chi connectivity index (χ2n) is 5.54. The minimum absolute atomic E-state index is 0.158. The number of aromatic nitrogens is 4. The molecule has 2 aromatic rings. The molecular formula is C15H22N4. The van der Waals surface area contributed by atoms with E-state index in [1.807, 2.05) is 12.5 Å². The van der Waals surface area contributed by atoms with Gasteiger partial charge in [0.1, 0.15) is 0 Å². The zero-order valence-electron chi connectivity index (χ0n) is 12.3. The molecule has 2 heterocycles. The number of hydrogen-bond donors (Lipinski definition) is 0. The van der Waals surface area contributed by atoms with Crippen molar-refractivity contribution in [2.75, 3.05) is 0 Å². The van der Waals surface area contributed by atoms with Crippen LogP contribution in [0.25, 0.3) is 0 Å². The lowest BCUT2D eigenvalue weighted by Crippen LogP contribution is -2.13. The highest BCUT2D eigenvalue weighted by Crippen LogP contribution is 2.29. The Morgan fingerprint density at radius 3 is 2.21 bits per heavy atom. The summed E-state index contributed by atoms with van der Waals surface area (Å²) in [6.45, 7) is 10.9. The summed E-state index contributed by atoms with van der Waals surface area (Å²) >= 11 is 0. The highest BCUT2D eigenvalue weighted by molar-refractivity contribution is 5.22. The van der Waals surface area contributed by atoms with Crippen molar-refractivity contribution in [3.05, 3.63) is 42.0 Å². The summed E-state index contributed by atoms with van der Waals surface area (Å²) in [5.74, 6) is 0.881. The fraction of sp³-hybridized carbons (Fsp3) is 0.533. The number of hydrogen-bond acceptors (Lipinski definition) is 3. The molecule has 2 aromatic heterocycles. The van der Waals surface area contributed by atoms with Gasteiger partial charge in [0.2, 0.25) is 0 Å². The van der Waals surface area contributed by atoms with Gasteiger partial charge in [-0.15, -0.1) is 0 Å². The van der Waals surface area contributed by atoms with Crippen LogP contribution in [0.1, 0.15) is 69.6 Å². The molecule has 0 N–H and O–H groups in total. The molecule has 102 valence electrons. The first kappa shape index (κ1) is 13.7. The van der Waals surface area contributed by atoms with E-state index in [4.69, 9.17) is 0 Å². The smallest absolute Gasteiger partial charge is 0.0958 e. The molecule has 0 fully saturated rings. The van der Waals surface area contributed by atoms with Crippen LogP contribution in [0.3, 0.4) is 0 Å². The van der Waals surface area contributed by atoms with E-state index in [1.54, 1.807) is 12.4 Å². The molecule has 0 aliphatic rings. The topological polar surface area (TPSA) is 43.6 Å². The molecule has 0 spiro atoms. The molecular weight excluding hydrogens is 236 g/mol. The predicted octanol–water partition coefficient (Wildman–Crippen LogP) is 3.53. The first-order valence-electron chi connectivity index (χ1n) is 6.84. The summed E-state index contributed by atoms with van der Waals surface area (Å²) in [6.07, 6.45) is 7.20. The molecule has 4 heteroatoms.